The van der Waals surface area contributed by atoms with Gasteiger partial charge in [-0.1, -0.05) is 0 Å². The van der Waals surface area contributed by atoms with Crippen LogP contribution in [0.5, 0.6) is 5.75 Å². The Kier molecular flexibility index (Phi) is 3.93. The third-order valence-electron chi connectivity index (χ3n) is 2.01. The molecule has 0 saturated carbocycles. The summed E-state index contributed by atoms with van der Waals surface area (Å²) in [7, 11) is 0. The van der Waals surface area contributed by atoms with E-state index in [2.05, 4.69) is 20.9 Å². The van der Waals surface area contributed by atoms with Gasteiger partial charge in [0.2, 0.25) is 0 Å². The summed E-state index contributed by atoms with van der Waals surface area (Å²) in [6, 6.07) is 5.81. The normalized spacial score (nSPS) is 10.4. The Labute approximate surface area is 106 Å². The van der Waals surface area contributed by atoms with E-state index in [1.165, 1.54) is 4.88 Å². The van der Waals surface area contributed by atoms with Gasteiger partial charge in [-0.2, -0.15) is 0 Å². The van der Waals surface area contributed by atoms with Crippen LogP contribution in [0.2, 0.25) is 0 Å². The van der Waals surface area contributed by atoms with E-state index in [9.17, 15) is 0 Å². The Balaban J connectivity index is 1.94. The molecule has 0 aliphatic heterocycles. The minimum atomic E-state index is 0.456. The summed E-state index contributed by atoms with van der Waals surface area (Å²) in [6.45, 7) is 1.03. The predicted octanol–water partition coefficient (Wildman–Crippen LogP) is 2.94. The van der Waals surface area contributed by atoms with E-state index in [4.69, 9.17) is 10.5 Å². The van der Waals surface area contributed by atoms with E-state index in [0.717, 1.165) is 15.9 Å². The summed E-state index contributed by atoms with van der Waals surface area (Å²) in [5, 5.41) is 2.04. The smallest absolute Gasteiger partial charge is 0.138 e. The molecule has 0 atom stereocenters. The lowest BCUT2D eigenvalue weighted by atomic mass is 10.3. The number of halogens is 1. The third-order valence-corrected chi connectivity index (χ3v) is 3.68. The number of nitrogens with two attached hydrogens (primary N) is 1. The molecule has 5 heteroatoms. The van der Waals surface area contributed by atoms with E-state index >= 15 is 0 Å². The molecule has 0 fully saturated rings. The first-order valence-corrected chi connectivity index (χ1v) is 6.46. The molecule has 0 bridgehead atoms. The van der Waals surface area contributed by atoms with Crippen LogP contribution >= 0.6 is 27.3 Å². The average Bonchev–Trinajstić information content (AvgIpc) is 2.73. The number of ether oxygens (including phenoxy) is 1. The van der Waals surface area contributed by atoms with Crippen molar-refractivity contribution in [2.75, 3.05) is 0 Å². The van der Waals surface area contributed by atoms with Crippen molar-refractivity contribution in [3.8, 4) is 5.75 Å². The zero-order chi connectivity index (χ0) is 11.4. The molecular weight excluding hydrogens is 288 g/mol. The summed E-state index contributed by atoms with van der Waals surface area (Å²) in [5.41, 5.74) is 6.33. The molecule has 0 spiro atoms. The number of hydrogen-bond acceptors (Lipinski definition) is 4. The van der Waals surface area contributed by atoms with Crippen LogP contribution in [-0.2, 0) is 13.2 Å². The van der Waals surface area contributed by atoms with Gasteiger partial charge in [0.05, 0.1) is 11.9 Å². The van der Waals surface area contributed by atoms with Gasteiger partial charge in [0.25, 0.3) is 0 Å². The Bertz CT molecular complexity index is 455. The van der Waals surface area contributed by atoms with Crippen LogP contribution in [0.25, 0.3) is 0 Å². The van der Waals surface area contributed by atoms with Crippen molar-refractivity contribution in [3.63, 3.8) is 0 Å². The molecule has 3 nitrogen and oxygen atoms in total. The second-order valence-electron chi connectivity index (χ2n) is 3.21. The van der Waals surface area contributed by atoms with Gasteiger partial charge in [-0.3, -0.25) is 4.98 Å². The van der Waals surface area contributed by atoms with Crippen LogP contribution in [0.3, 0.4) is 0 Å². The summed E-state index contributed by atoms with van der Waals surface area (Å²) in [5.74, 6) is 0.765. The standard InChI is InChI=1S/C11H11BrN2OS/c12-8-3-11(16-7-8)6-15-10-2-1-9(4-13)14-5-10/h1-3,5,7H,4,6,13H2. The van der Waals surface area contributed by atoms with Gasteiger partial charge in [-0.25, -0.2) is 0 Å². The molecule has 84 valence electrons. The molecule has 0 aliphatic rings. The van der Waals surface area contributed by atoms with E-state index in [1.807, 2.05) is 23.6 Å². The number of rotatable bonds is 4. The molecular formula is C11H11BrN2OS. The SMILES string of the molecule is NCc1ccc(OCc2cc(Br)cs2)cn1. The maximum Gasteiger partial charge on any atom is 0.138 e. The number of pyridine rings is 1. The first-order chi connectivity index (χ1) is 7.78. The Morgan fingerprint density at radius 3 is 2.88 bits per heavy atom. The van der Waals surface area contributed by atoms with Crippen LogP contribution in [0.1, 0.15) is 10.6 Å². The predicted molar refractivity (Wildman–Crippen MR) is 68.5 cm³/mol. The Hall–Kier alpha value is -0.910. The topological polar surface area (TPSA) is 48.1 Å². The molecule has 2 heterocycles. The van der Waals surface area contributed by atoms with Crippen molar-refractivity contribution >= 4 is 27.3 Å². The van der Waals surface area contributed by atoms with Crippen molar-refractivity contribution < 1.29 is 4.74 Å². The lowest BCUT2D eigenvalue weighted by Gasteiger charge is -2.04. The molecule has 0 unspecified atom stereocenters. The number of nitrogens with zero attached hydrogens (tertiary/aromatic N) is 1. The van der Waals surface area contributed by atoms with Crippen molar-refractivity contribution in [1.82, 2.24) is 4.98 Å². The molecule has 16 heavy (non-hydrogen) atoms. The molecule has 2 rings (SSSR count). The second-order valence-corrected chi connectivity index (χ2v) is 5.12. The minimum absolute atomic E-state index is 0.456. The summed E-state index contributed by atoms with van der Waals surface area (Å²) in [6.07, 6.45) is 1.70. The van der Waals surface area contributed by atoms with Gasteiger partial charge in [0.15, 0.2) is 0 Å². The van der Waals surface area contributed by atoms with Gasteiger partial charge < -0.3 is 10.5 Å². The monoisotopic (exact) mass is 298 g/mol. The quantitative estimate of drug-likeness (QED) is 0.944. The zero-order valence-corrected chi connectivity index (χ0v) is 10.9. The maximum atomic E-state index is 5.59. The van der Waals surface area contributed by atoms with Crippen molar-refractivity contribution in [2.45, 2.75) is 13.2 Å². The third kappa shape index (κ3) is 3.04. The molecule has 0 radical (unpaired) electrons. The largest absolute Gasteiger partial charge is 0.486 e. The molecule has 2 aromatic heterocycles. The lowest BCUT2D eigenvalue weighted by molar-refractivity contribution is 0.308. The lowest BCUT2D eigenvalue weighted by Crippen LogP contribution is -1.99. The molecule has 2 N–H and O–H groups in total. The first-order valence-electron chi connectivity index (χ1n) is 4.78. The average molecular weight is 299 g/mol. The summed E-state index contributed by atoms with van der Waals surface area (Å²) < 4.78 is 6.68. The number of aromatic nitrogens is 1. The number of thiophene rings is 1. The summed E-state index contributed by atoms with van der Waals surface area (Å²) in [4.78, 5) is 5.33. The Morgan fingerprint density at radius 2 is 2.31 bits per heavy atom. The highest BCUT2D eigenvalue weighted by Crippen LogP contribution is 2.21. The van der Waals surface area contributed by atoms with E-state index in [1.54, 1.807) is 17.5 Å². The van der Waals surface area contributed by atoms with Crippen LogP contribution in [0.4, 0.5) is 0 Å². The fourth-order valence-electron chi connectivity index (χ4n) is 1.20. The highest BCUT2D eigenvalue weighted by Gasteiger charge is 1.99. The van der Waals surface area contributed by atoms with Crippen molar-refractivity contribution in [3.05, 3.63) is 44.8 Å². The molecule has 0 amide bonds. The molecule has 0 saturated heterocycles. The van der Waals surface area contributed by atoms with Crippen LogP contribution in [-0.4, -0.2) is 4.98 Å². The van der Waals surface area contributed by atoms with E-state index < -0.39 is 0 Å². The van der Waals surface area contributed by atoms with Gasteiger partial charge in [-0.05, 0) is 34.1 Å². The fraction of sp³-hybridized carbons (Fsp3) is 0.182. The molecule has 2 aromatic rings. The van der Waals surface area contributed by atoms with E-state index in [0.29, 0.717) is 13.2 Å². The minimum Gasteiger partial charge on any atom is -0.486 e. The fourth-order valence-corrected chi connectivity index (χ4v) is 2.56. The molecule has 0 aliphatic carbocycles. The molecule has 0 aromatic carbocycles. The van der Waals surface area contributed by atoms with Crippen molar-refractivity contribution in [1.29, 1.82) is 0 Å². The van der Waals surface area contributed by atoms with Crippen molar-refractivity contribution in [2.24, 2.45) is 5.73 Å². The zero-order valence-electron chi connectivity index (χ0n) is 8.52. The first kappa shape index (κ1) is 11.6. The highest BCUT2D eigenvalue weighted by molar-refractivity contribution is 9.10. The highest BCUT2D eigenvalue weighted by atomic mass is 79.9. The van der Waals surface area contributed by atoms with Crippen LogP contribution < -0.4 is 10.5 Å². The van der Waals surface area contributed by atoms with Crippen LogP contribution in [0.15, 0.2) is 34.2 Å². The van der Waals surface area contributed by atoms with Gasteiger partial charge in [0, 0.05) is 21.3 Å². The summed E-state index contributed by atoms with van der Waals surface area (Å²) >= 11 is 5.07. The Morgan fingerprint density at radius 1 is 1.44 bits per heavy atom. The second kappa shape index (κ2) is 5.43. The van der Waals surface area contributed by atoms with Crippen LogP contribution in [0, 0.1) is 0 Å². The van der Waals surface area contributed by atoms with Gasteiger partial charge in [0.1, 0.15) is 12.4 Å². The number of hydrogen-bond donors (Lipinski definition) is 1. The van der Waals surface area contributed by atoms with Gasteiger partial charge >= 0.3 is 0 Å². The van der Waals surface area contributed by atoms with E-state index in [-0.39, 0.29) is 0 Å². The van der Waals surface area contributed by atoms with Gasteiger partial charge in [-0.15, -0.1) is 11.3 Å². The maximum absolute atomic E-state index is 5.59.